The molecule has 0 amide bonds. The molecule has 0 bridgehead atoms. The topological polar surface area (TPSA) is 52.6 Å². The van der Waals surface area contributed by atoms with E-state index in [1.54, 1.807) is 0 Å². The van der Waals surface area contributed by atoms with Crippen LogP contribution in [-0.2, 0) is 18.4 Å². The molecular weight excluding hydrogens is 313 g/mol. The van der Waals surface area contributed by atoms with E-state index in [4.69, 9.17) is 9.05 Å². The normalized spacial score (nSPS) is 24.9. The minimum atomic E-state index is -4.67. The second-order valence-corrected chi connectivity index (χ2v) is 8.51. The fraction of sp³-hybridized carbons (Fsp3) is 0.933. The number of halogens is 2. The van der Waals surface area contributed by atoms with Crippen molar-refractivity contribution in [3.63, 3.8) is 0 Å². The molecule has 0 saturated heterocycles. The first-order valence-electron chi connectivity index (χ1n) is 7.88. The molecule has 0 N–H and O–H groups in total. The van der Waals surface area contributed by atoms with Crippen LogP contribution in [0.2, 0.25) is 0 Å². The highest BCUT2D eigenvalue weighted by atomic mass is 31.2. The molecule has 1 rings (SSSR count). The van der Waals surface area contributed by atoms with Gasteiger partial charge in [-0.3, -0.25) is 9.36 Å². The Hall–Kier alpha value is -0.320. The van der Waals surface area contributed by atoms with Gasteiger partial charge in [-0.25, -0.2) is 0 Å². The van der Waals surface area contributed by atoms with Gasteiger partial charge in [-0.05, 0) is 40.5 Å². The van der Waals surface area contributed by atoms with Crippen LogP contribution in [0.1, 0.15) is 60.3 Å². The van der Waals surface area contributed by atoms with Crippen LogP contribution in [0.25, 0.3) is 0 Å². The molecule has 0 aromatic rings. The van der Waals surface area contributed by atoms with Gasteiger partial charge in [0.2, 0.25) is 0 Å². The van der Waals surface area contributed by atoms with Crippen molar-refractivity contribution < 1.29 is 27.2 Å². The van der Waals surface area contributed by atoms with Gasteiger partial charge in [0.1, 0.15) is 5.78 Å². The first-order valence-corrected chi connectivity index (χ1v) is 9.43. The third-order valence-corrected chi connectivity index (χ3v) is 6.27. The summed E-state index contributed by atoms with van der Waals surface area (Å²) in [5.41, 5.74) is -3.68. The molecule has 2 atom stereocenters. The second-order valence-electron chi connectivity index (χ2n) is 6.50. The molecule has 0 unspecified atom stereocenters. The highest BCUT2D eigenvalue weighted by Gasteiger charge is 2.61. The Morgan fingerprint density at radius 3 is 2.09 bits per heavy atom. The zero-order chi connectivity index (χ0) is 17.1. The number of carbonyl (C=O) groups excluding carboxylic acids is 1. The maximum atomic E-state index is 15.0. The molecule has 22 heavy (non-hydrogen) atoms. The zero-order valence-corrected chi connectivity index (χ0v) is 14.9. The Morgan fingerprint density at radius 2 is 1.64 bits per heavy atom. The highest BCUT2D eigenvalue weighted by molar-refractivity contribution is 7.55. The van der Waals surface area contributed by atoms with Gasteiger partial charge in [0.05, 0.1) is 12.2 Å². The molecular formula is C15H27F2O4P. The van der Waals surface area contributed by atoms with Gasteiger partial charge >= 0.3 is 13.3 Å². The molecule has 0 spiro atoms. The summed E-state index contributed by atoms with van der Waals surface area (Å²) in [6.45, 7) is 7.63. The predicted octanol–water partition coefficient (Wildman–Crippen LogP) is 5.02. The van der Waals surface area contributed by atoms with Crippen LogP contribution in [0.4, 0.5) is 8.78 Å². The van der Waals surface area contributed by atoms with Crippen molar-refractivity contribution in [2.24, 2.45) is 11.8 Å². The molecule has 1 saturated carbocycles. The minimum Gasteiger partial charge on any atom is -0.302 e. The van der Waals surface area contributed by atoms with Crippen LogP contribution < -0.4 is 0 Å². The van der Waals surface area contributed by atoms with Crippen LogP contribution in [-0.4, -0.2) is 23.7 Å². The number of rotatable bonds is 6. The lowest BCUT2D eigenvalue weighted by molar-refractivity contribution is -0.127. The van der Waals surface area contributed by atoms with E-state index in [1.807, 2.05) is 0 Å². The molecule has 0 heterocycles. The van der Waals surface area contributed by atoms with Crippen molar-refractivity contribution in [3.05, 3.63) is 0 Å². The molecule has 1 aliphatic rings. The number of hydrogen-bond acceptors (Lipinski definition) is 4. The number of ketones is 1. The lowest BCUT2D eigenvalue weighted by atomic mass is 9.89. The Morgan fingerprint density at radius 1 is 1.14 bits per heavy atom. The molecule has 4 nitrogen and oxygen atoms in total. The van der Waals surface area contributed by atoms with E-state index < -0.39 is 37.3 Å². The van der Waals surface area contributed by atoms with E-state index in [-0.39, 0.29) is 12.2 Å². The smallest absolute Gasteiger partial charge is 0.302 e. The Balaban J connectivity index is 3.18. The Kier molecular flexibility index (Phi) is 6.72. The molecule has 0 aromatic carbocycles. The summed E-state index contributed by atoms with van der Waals surface area (Å²) in [6, 6.07) is 0. The fourth-order valence-electron chi connectivity index (χ4n) is 2.76. The SMILES string of the molecule is CC(C)OP(=O)(OC(C)C)C(F)(F)[C@@H]1CCCCC(=O)[C@@H]1C. The summed E-state index contributed by atoms with van der Waals surface area (Å²) in [4.78, 5) is 11.9. The summed E-state index contributed by atoms with van der Waals surface area (Å²) < 4.78 is 53.0. The van der Waals surface area contributed by atoms with E-state index in [9.17, 15) is 9.36 Å². The molecule has 0 radical (unpaired) electrons. The van der Waals surface area contributed by atoms with E-state index in [0.29, 0.717) is 19.3 Å². The predicted molar refractivity (Wildman–Crippen MR) is 81.1 cm³/mol. The van der Waals surface area contributed by atoms with E-state index in [1.165, 1.54) is 34.6 Å². The van der Waals surface area contributed by atoms with Crippen molar-refractivity contribution in [2.75, 3.05) is 0 Å². The lowest BCUT2D eigenvalue weighted by Crippen LogP contribution is -2.37. The van der Waals surface area contributed by atoms with Crippen LogP contribution in [0.15, 0.2) is 0 Å². The van der Waals surface area contributed by atoms with Gasteiger partial charge in [0.15, 0.2) is 0 Å². The van der Waals surface area contributed by atoms with Gasteiger partial charge in [0.25, 0.3) is 0 Å². The average Bonchev–Trinajstić information content (AvgIpc) is 2.50. The van der Waals surface area contributed by atoms with Crippen molar-refractivity contribution in [3.8, 4) is 0 Å². The number of carbonyl (C=O) groups is 1. The van der Waals surface area contributed by atoms with Crippen molar-refractivity contribution in [1.82, 2.24) is 0 Å². The van der Waals surface area contributed by atoms with Gasteiger partial charge in [-0.1, -0.05) is 13.3 Å². The van der Waals surface area contributed by atoms with Crippen molar-refractivity contribution >= 4 is 13.4 Å². The standard InChI is InChI=1S/C15H27F2O4P/c1-10(2)20-22(19,21-11(3)4)15(16,17)13-8-6-7-9-14(18)12(13)5/h10-13H,6-9H2,1-5H3/t12-,13-/m1/s1. The first-order chi connectivity index (χ1) is 10.0. The van der Waals surface area contributed by atoms with Crippen LogP contribution in [0, 0.1) is 11.8 Å². The third-order valence-electron chi connectivity index (χ3n) is 3.81. The van der Waals surface area contributed by atoms with Crippen LogP contribution >= 0.6 is 7.60 Å². The second kappa shape index (κ2) is 7.50. The molecule has 1 aliphatic carbocycles. The summed E-state index contributed by atoms with van der Waals surface area (Å²) in [5, 5.41) is 0. The molecule has 0 aromatic heterocycles. The van der Waals surface area contributed by atoms with E-state index in [2.05, 4.69) is 0 Å². The fourth-order valence-corrected chi connectivity index (χ4v) is 4.96. The Bertz CT molecular complexity index is 423. The average molecular weight is 340 g/mol. The lowest BCUT2D eigenvalue weighted by Gasteiger charge is -2.35. The summed E-state index contributed by atoms with van der Waals surface area (Å²) in [6.07, 6.45) is 0.232. The monoisotopic (exact) mass is 340 g/mol. The van der Waals surface area contributed by atoms with Gasteiger partial charge in [-0.2, -0.15) is 8.78 Å². The van der Waals surface area contributed by atoms with Gasteiger partial charge < -0.3 is 9.05 Å². The van der Waals surface area contributed by atoms with Crippen LogP contribution in [0.3, 0.4) is 0 Å². The summed E-state index contributed by atoms with van der Waals surface area (Å²) in [7, 11) is -4.67. The first kappa shape index (κ1) is 19.7. The molecule has 130 valence electrons. The maximum Gasteiger partial charge on any atom is 0.400 e. The minimum absolute atomic E-state index is 0.146. The molecule has 7 heteroatoms. The largest absolute Gasteiger partial charge is 0.400 e. The maximum absolute atomic E-state index is 15.0. The molecule has 1 fully saturated rings. The van der Waals surface area contributed by atoms with Gasteiger partial charge in [-0.15, -0.1) is 0 Å². The highest BCUT2D eigenvalue weighted by Crippen LogP contribution is 2.67. The van der Waals surface area contributed by atoms with Gasteiger partial charge in [0, 0.05) is 18.3 Å². The number of hydrogen-bond donors (Lipinski definition) is 0. The summed E-state index contributed by atoms with van der Waals surface area (Å²) >= 11 is 0. The number of alkyl halides is 2. The zero-order valence-electron chi connectivity index (χ0n) is 14.0. The van der Waals surface area contributed by atoms with E-state index in [0.717, 1.165) is 0 Å². The third kappa shape index (κ3) is 4.36. The van der Waals surface area contributed by atoms with Crippen molar-refractivity contribution in [2.45, 2.75) is 78.2 Å². The summed E-state index contributed by atoms with van der Waals surface area (Å²) in [5.74, 6) is -2.37. The number of Topliss-reactive ketones (excluding diaryl/α,β-unsaturated/α-hetero) is 1. The van der Waals surface area contributed by atoms with E-state index >= 15 is 8.78 Å². The molecule has 0 aliphatic heterocycles. The van der Waals surface area contributed by atoms with Crippen molar-refractivity contribution in [1.29, 1.82) is 0 Å². The van der Waals surface area contributed by atoms with Crippen LogP contribution in [0.5, 0.6) is 0 Å². The quantitative estimate of drug-likeness (QED) is 0.503. The Labute approximate surface area is 131 Å².